The Labute approximate surface area is 194 Å². The fraction of sp³-hybridized carbons (Fsp3) is 0.462. The van der Waals surface area contributed by atoms with Gasteiger partial charge >= 0.3 is 0 Å². The summed E-state index contributed by atoms with van der Waals surface area (Å²) in [5.74, 6) is 1.89. The number of amides is 1. The van der Waals surface area contributed by atoms with Gasteiger partial charge in [-0.05, 0) is 60.5 Å². The number of anilines is 2. The number of nitrogens with one attached hydrogen (secondary N) is 1. The summed E-state index contributed by atoms with van der Waals surface area (Å²) in [5.41, 5.74) is 2.23. The Morgan fingerprint density at radius 3 is 2.59 bits per heavy atom. The van der Waals surface area contributed by atoms with E-state index in [9.17, 15) is 4.79 Å². The molecule has 1 aliphatic heterocycles. The molecular formula is C26H32N4OS. The summed E-state index contributed by atoms with van der Waals surface area (Å²) in [5, 5.41) is 4.47. The Bertz CT molecular complexity index is 1050. The van der Waals surface area contributed by atoms with Gasteiger partial charge in [-0.25, -0.2) is 0 Å². The van der Waals surface area contributed by atoms with Gasteiger partial charge in [0.1, 0.15) is 5.82 Å². The number of carbonyl (C=O) groups is 1. The van der Waals surface area contributed by atoms with Crippen LogP contribution >= 0.6 is 11.5 Å². The predicted octanol–water partition coefficient (Wildman–Crippen LogP) is 5.18. The zero-order chi connectivity index (χ0) is 21.8. The summed E-state index contributed by atoms with van der Waals surface area (Å²) in [6.07, 6.45) is 6.59. The minimum atomic E-state index is 0.174. The van der Waals surface area contributed by atoms with E-state index in [0.29, 0.717) is 12.3 Å². The van der Waals surface area contributed by atoms with Crippen molar-refractivity contribution in [3.05, 3.63) is 54.1 Å². The molecule has 2 aromatic carbocycles. The molecule has 0 spiro atoms. The third-order valence-electron chi connectivity index (χ3n) is 6.97. The zero-order valence-electron chi connectivity index (χ0n) is 18.6. The van der Waals surface area contributed by atoms with E-state index in [0.717, 1.165) is 50.6 Å². The molecule has 2 heterocycles. The molecule has 5 rings (SSSR count). The largest absolute Gasteiger partial charge is 0.353 e. The minimum absolute atomic E-state index is 0.174. The molecule has 0 bridgehead atoms. The van der Waals surface area contributed by atoms with Gasteiger partial charge in [0.2, 0.25) is 5.91 Å². The van der Waals surface area contributed by atoms with Crippen LogP contribution in [0.1, 0.15) is 37.7 Å². The van der Waals surface area contributed by atoms with Gasteiger partial charge < -0.3 is 10.2 Å². The first kappa shape index (κ1) is 21.4. The molecule has 1 saturated carbocycles. The maximum atomic E-state index is 12.5. The summed E-state index contributed by atoms with van der Waals surface area (Å²) in [7, 11) is 0. The number of nitrogens with zero attached hydrogens (tertiary/aromatic N) is 3. The zero-order valence-corrected chi connectivity index (χ0v) is 19.4. The normalized spacial score (nSPS) is 17.8. The highest BCUT2D eigenvalue weighted by molar-refractivity contribution is 7.13. The van der Waals surface area contributed by atoms with Crippen molar-refractivity contribution in [3.8, 4) is 0 Å². The lowest BCUT2D eigenvalue weighted by Gasteiger charge is -2.35. The van der Waals surface area contributed by atoms with Gasteiger partial charge in [0, 0.05) is 50.2 Å². The Morgan fingerprint density at radius 1 is 1.00 bits per heavy atom. The second kappa shape index (κ2) is 10.0. The number of piperazine rings is 1. The lowest BCUT2D eigenvalue weighted by molar-refractivity contribution is -0.117. The number of carbonyl (C=O) groups excluding carboxylic acids is 1. The highest BCUT2D eigenvalue weighted by Crippen LogP contribution is 2.30. The lowest BCUT2D eigenvalue weighted by Crippen LogP contribution is -2.47. The SMILES string of the molecule is O=C(CC1CCCC1)Nc1ccccc1CCN1CCN(c2nsc3ccccc23)CC1. The van der Waals surface area contributed by atoms with Gasteiger partial charge in [0.25, 0.3) is 0 Å². The van der Waals surface area contributed by atoms with Crippen molar-refractivity contribution in [1.29, 1.82) is 0 Å². The topological polar surface area (TPSA) is 48.5 Å². The number of hydrogen-bond acceptors (Lipinski definition) is 5. The maximum Gasteiger partial charge on any atom is 0.224 e. The number of aromatic nitrogens is 1. The van der Waals surface area contributed by atoms with E-state index in [1.807, 2.05) is 12.1 Å². The summed E-state index contributed by atoms with van der Waals surface area (Å²) in [6, 6.07) is 16.8. The molecule has 1 aliphatic carbocycles. The summed E-state index contributed by atoms with van der Waals surface area (Å²) in [4.78, 5) is 17.5. The first-order valence-corrected chi connectivity index (χ1v) is 12.7. The van der Waals surface area contributed by atoms with Gasteiger partial charge in [0.15, 0.2) is 0 Å². The van der Waals surface area contributed by atoms with E-state index < -0.39 is 0 Å². The fourth-order valence-electron chi connectivity index (χ4n) is 5.10. The Balaban J connectivity index is 1.14. The van der Waals surface area contributed by atoms with Crippen LogP contribution in [0.3, 0.4) is 0 Å². The molecule has 0 atom stereocenters. The number of hydrogen-bond donors (Lipinski definition) is 1. The molecule has 1 amide bonds. The number of rotatable bonds is 7. The predicted molar refractivity (Wildman–Crippen MR) is 134 cm³/mol. The van der Waals surface area contributed by atoms with E-state index in [1.54, 1.807) is 11.5 Å². The first-order chi connectivity index (χ1) is 15.8. The van der Waals surface area contributed by atoms with Crippen LogP contribution in [-0.4, -0.2) is 47.9 Å². The van der Waals surface area contributed by atoms with Crippen molar-refractivity contribution in [2.75, 3.05) is 42.9 Å². The van der Waals surface area contributed by atoms with E-state index in [2.05, 4.69) is 51.5 Å². The molecule has 1 aromatic heterocycles. The summed E-state index contributed by atoms with van der Waals surface area (Å²) >= 11 is 1.59. The van der Waals surface area contributed by atoms with Gasteiger partial charge in [-0.15, -0.1) is 0 Å². The van der Waals surface area contributed by atoms with Gasteiger partial charge in [0.05, 0.1) is 4.70 Å². The molecule has 2 fully saturated rings. The summed E-state index contributed by atoms with van der Waals surface area (Å²) < 4.78 is 5.98. The molecule has 1 N–H and O–H groups in total. The van der Waals surface area contributed by atoms with Gasteiger partial charge in [-0.1, -0.05) is 43.2 Å². The number of benzene rings is 2. The van der Waals surface area contributed by atoms with Crippen molar-refractivity contribution < 1.29 is 4.79 Å². The average Bonchev–Trinajstić information content (AvgIpc) is 3.49. The minimum Gasteiger partial charge on any atom is -0.353 e. The Hall–Kier alpha value is -2.44. The van der Waals surface area contributed by atoms with Crippen LogP contribution < -0.4 is 10.2 Å². The molecule has 32 heavy (non-hydrogen) atoms. The van der Waals surface area contributed by atoms with E-state index >= 15 is 0 Å². The van der Waals surface area contributed by atoms with E-state index in [4.69, 9.17) is 4.37 Å². The lowest BCUT2D eigenvalue weighted by atomic mass is 10.0. The van der Waals surface area contributed by atoms with Crippen LogP contribution in [-0.2, 0) is 11.2 Å². The van der Waals surface area contributed by atoms with Crippen LogP contribution in [0.2, 0.25) is 0 Å². The van der Waals surface area contributed by atoms with Gasteiger partial charge in [-0.3, -0.25) is 9.69 Å². The molecule has 0 radical (unpaired) electrons. The second-order valence-electron chi connectivity index (χ2n) is 9.14. The van der Waals surface area contributed by atoms with E-state index in [1.165, 1.54) is 41.3 Å². The number of para-hydroxylation sites is 1. The van der Waals surface area contributed by atoms with Crippen molar-refractivity contribution in [2.24, 2.45) is 5.92 Å². The molecule has 168 valence electrons. The molecule has 1 saturated heterocycles. The molecule has 2 aliphatic rings. The standard InChI is InChI=1S/C26H32N4OS/c31-25(19-20-7-1-2-8-20)27-23-11-5-3-9-21(23)13-14-29-15-17-30(18-16-29)26-22-10-4-6-12-24(22)32-28-26/h3-6,9-12,20H,1-2,7-8,13-19H2,(H,27,31). The highest BCUT2D eigenvalue weighted by atomic mass is 32.1. The van der Waals surface area contributed by atoms with E-state index in [-0.39, 0.29) is 5.91 Å². The quantitative estimate of drug-likeness (QED) is 0.541. The van der Waals surface area contributed by atoms with Crippen molar-refractivity contribution in [2.45, 2.75) is 38.5 Å². The number of fused-ring (bicyclic) bond motifs is 1. The molecule has 3 aromatic rings. The molecule has 5 nitrogen and oxygen atoms in total. The van der Waals surface area contributed by atoms with Crippen LogP contribution in [0.25, 0.3) is 10.1 Å². The molecule has 6 heteroatoms. The second-order valence-corrected chi connectivity index (χ2v) is 9.95. The Morgan fingerprint density at radius 2 is 1.75 bits per heavy atom. The van der Waals surface area contributed by atoms with Crippen molar-refractivity contribution >= 4 is 39.0 Å². The maximum absolute atomic E-state index is 12.5. The highest BCUT2D eigenvalue weighted by Gasteiger charge is 2.21. The summed E-state index contributed by atoms with van der Waals surface area (Å²) in [6.45, 7) is 5.12. The smallest absolute Gasteiger partial charge is 0.224 e. The van der Waals surface area contributed by atoms with Crippen LogP contribution in [0.4, 0.5) is 11.5 Å². The fourth-order valence-corrected chi connectivity index (χ4v) is 5.90. The third-order valence-corrected chi connectivity index (χ3v) is 7.78. The average molecular weight is 449 g/mol. The monoisotopic (exact) mass is 448 g/mol. The van der Waals surface area contributed by atoms with Gasteiger partial charge in [-0.2, -0.15) is 4.37 Å². The Kier molecular flexibility index (Phi) is 6.69. The first-order valence-electron chi connectivity index (χ1n) is 12.0. The van der Waals surface area contributed by atoms with Crippen molar-refractivity contribution in [1.82, 2.24) is 9.27 Å². The van der Waals surface area contributed by atoms with Crippen LogP contribution in [0.15, 0.2) is 48.5 Å². The van der Waals surface area contributed by atoms with Crippen LogP contribution in [0.5, 0.6) is 0 Å². The van der Waals surface area contributed by atoms with Crippen LogP contribution in [0, 0.1) is 5.92 Å². The third kappa shape index (κ3) is 4.97. The van der Waals surface area contributed by atoms with Crippen molar-refractivity contribution in [3.63, 3.8) is 0 Å². The molecule has 0 unspecified atom stereocenters. The molecular weight excluding hydrogens is 416 g/mol.